The first-order valence-corrected chi connectivity index (χ1v) is 7.42. The third-order valence-electron chi connectivity index (χ3n) is 2.79. The van der Waals surface area contributed by atoms with E-state index in [1.165, 1.54) is 0 Å². The molecule has 0 radical (unpaired) electrons. The Bertz CT molecular complexity index is 697. The van der Waals surface area contributed by atoms with Crippen molar-refractivity contribution >= 4 is 17.7 Å². The van der Waals surface area contributed by atoms with Crippen molar-refractivity contribution in [3.05, 3.63) is 40.3 Å². The molecular weight excluding hydrogens is 326 g/mol. The molecule has 9 nitrogen and oxygen atoms in total. The van der Waals surface area contributed by atoms with Gasteiger partial charge in [0, 0.05) is 17.0 Å². The minimum Gasteiger partial charge on any atom is -0.449 e. The van der Waals surface area contributed by atoms with Gasteiger partial charge >= 0.3 is 12.1 Å². The summed E-state index contributed by atoms with van der Waals surface area (Å²) in [6.45, 7) is 4.68. The number of ether oxygens (including phenoxy) is 2. The lowest BCUT2D eigenvalue weighted by atomic mass is 10.1. The number of azide groups is 1. The van der Waals surface area contributed by atoms with E-state index in [1.54, 1.807) is 51.1 Å². The van der Waals surface area contributed by atoms with Gasteiger partial charge in [-0.1, -0.05) is 29.4 Å². The number of esters is 1. The van der Waals surface area contributed by atoms with Crippen molar-refractivity contribution in [1.82, 2.24) is 5.32 Å². The highest BCUT2D eigenvalue weighted by molar-refractivity contribution is 5.81. The van der Waals surface area contributed by atoms with Gasteiger partial charge in [0.1, 0.15) is 17.7 Å². The van der Waals surface area contributed by atoms with Crippen LogP contribution in [0.25, 0.3) is 10.4 Å². The molecule has 132 valence electrons. The van der Waals surface area contributed by atoms with Crippen LogP contribution in [0.3, 0.4) is 0 Å². The van der Waals surface area contributed by atoms with E-state index >= 15 is 0 Å². The van der Waals surface area contributed by atoms with Crippen LogP contribution in [0, 0.1) is 11.3 Å². The zero-order valence-corrected chi connectivity index (χ0v) is 14.2. The summed E-state index contributed by atoms with van der Waals surface area (Å²) in [6, 6.07) is 7.16. The molecule has 9 heteroatoms. The third-order valence-corrected chi connectivity index (χ3v) is 2.79. The van der Waals surface area contributed by atoms with E-state index in [-0.39, 0.29) is 6.42 Å². The van der Waals surface area contributed by atoms with Gasteiger partial charge in [-0.2, -0.15) is 5.26 Å². The summed E-state index contributed by atoms with van der Waals surface area (Å²) in [5, 5.41) is 14.4. The molecule has 0 heterocycles. The maximum atomic E-state index is 12.1. The Morgan fingerprint density at radius 1 is 1.36 bits per heavy atom. The Kier molecular flexibility index (Phi) is 7.25. The van der Waals surface area contributed by atoms with E-state index < -0.39 is 30.3 Å². The van der Waals surface area contributed by atoms with E-state index in [0.717, 1.165) is 0 Å². The molecule has 25 heavy (non-hydrogen) atoms. The van der Waals surface area contributed by atoms with E-state index in [0.29, 0.717) is 11.3 Å². The van der Waals surface area contributed by atoms with Crippen LogP contribution >= 0.6 is 0 Å². The van der Waals surface area contributed by atoms with Gasteiger partial charge in [0.2, 0.25) is 0 Å². The van der Waals surface area contributed by atoms with Gasteiger partial charge < -0.3 is 14.8 Å². The molecule has 0 spiro atoms. The number of carbonyl (C=O) groups is 2. The summed E-state index contributed by atoms with van der Waals surface area (Å²) in [5.41, 5.74) is 8.80. The molecule has 0 bridgehead atoms. The molecule has 0 aliphatic heterocycles. The van der Waals surface area contributed by atoms with Crippen molar-refractivity contribution in [2.24, 2.45) is 5.11 Å². The highest BCUT2D eigenvalue weighted by Crippen LogP contribution is 2.15. The van der Waals surface area contributed by atoms with Crippen molar-refractivity contribution in [1.29, 1.82) is 5.26 Å². The molecule has 0 fully saturated rings. The number of nitrogens with one attached hydrogen (secondary N) is 1. The molecule has 1 rings (SSSR count). The summed E-state index contributed by atoms with van der Waals surface area (Å²) >= 11 is 0. The lowest BCUT2D eigenvalue weighted by molar-refractivity contribution is -0.144. The van der Waals surface area contributed by atoms with E-state index in [2.05, 4.69) is 15.3 Å². The fourth-order valence-corrected chi connectivity index (χ4v) is 1.83. The zero-order chi connectivity index (χ0) is 18.9. The van der Waals surface area contributed by atoms with Crippen LogP contribution in [-0.2, 0) is 20.7 Å². The number of hydrogen-bond acceptors (Lipinski definition) is 6. The zero-order valence-electron chi connectivity index (χ0n) is 14.2. The Hall–Kier alpha value is -3.24. The molecule has 0 unspecified atom stereocenters. The summed E-state index contributed by atoms with van der Waals surface area (Å²) in [5.74, 6) is -0.744. The Labute approximate surface area is 145 Å². The van der Waals surface area contributed by atoms with Gasteiger partial charge in [0.05, 0.1) is 0 Å². The summed E-state index contributed by atoms with van der Waals surface area (Å²) in [4.78, 5) is 26.7. The van der Waals surface area contributed by atoms with Crippen LogP contribution in [-0.4, -0.2) is 30.3 Å². The molecule has 0 aliphatic carbocycles. The number of carbonyl (C=O) groups excluding carboxylic acids is 2. The van der Waals surface area contributed by atoms with Crippen molar-refractivity contribution in [2.75, 3.05) is 6.61 Å². The quantitative estimate of drug-likeness (QED) is 0.365. The minimum absolute atomic E-state index is 0.125. The first-order valence-electron chi connectivity index (χ1n) is 7.42. The van der Waals surface area contributed by atoms with Crippen LogP contribution in [0.2, 0.25) is 0 Å². The number of amides is 1. The van der Waals surface area contributed by atoms with Crippen molar-refractivity contribution < 1.29 is 19.1 Å². The first-order chi connectivity index (χ1) is 11.7. The Morgan fingerprint density at radius 2 is 2.00 bits per heavy atom. The van der Waals surface area contributed by atoms with E-state index in [1.807, 2.05) is 0 Å². The lowest BCUT2D eigenvalue weighted by Crippen LogP contribution is -2.45. The highest BCUT2D eigenvalue weighted by atomic mass is 16.6. The predicted octanol–water partition coefficient (Wildman–Crippen LogP) is 3.13. The summed E-state index contributed by atoms with van der Waals surface area (Å²) in [7, 11) is 0. The minimum atomic E-state index is -1.02. The normalized spacial score (nSPS) is 11.4. The van der Waals surface area contributed by atoms with Crippen LogP contribution in [0.4, 0.5) is 10.5 Å². The standard InChI is InChI=1S/C16H19N5O4/c1-16(2,3)25-15(23)19-13(14(22)24-9-8-17)10-11-4-6-12(7-5-11)20-21-18/h4-7,13H,9-10H2,1-3H3,(H,19,23)/t13-/m0/s1. The lowest BCUT2D eigenvalue weighted by Gasteiger charge is -2.22. The first kappa shape index (κ1) is 19.8. The summed E-state index contributed by atoms with van der Waals surface area (Å²) in [6.07, 6.45) is -0.642. The maximum absolute atomic E-state index is 12.1. The smallest absolute Gasteiger partial charge is 0.408 e. The largest absolute Gasteiger partial charge is 0.449 e. The van der Waals surface area contributed by atoms with Crippen molar-refractivity contribution in [3.8, 4) is 6.07 Å². The molecule has 1 atom stereocenters. The Balaban J connectivity index is 2.86. The van der Waals surface area contributed by atoms with E-state index in [4.69, 9.17) is 20.3 Å². The fourth-order valence-electron chi connectivity index (χ4n) is 1.83. The van der Waals surface area contributed by atoms with Gasteiger partial charge in [-0.3, -0.25) is 0 Å². The van der Waals surface area contributed by atoms with Gasteiger partial charge in [0.25, 0.3) is 0 Å². The number of nitrogens with zero attached hydrogens (tertiary/aromatic N) is 4. The molecule has 0 saturated heterocycles. The molecular formula is C16H19N5O4. The predicted molar refractivity (Wildman–Crippen MR) is 88.7 cm³/mol. The molecule has 1 amide bonds. The monoisotopic (exact) mass is 345 g/mol. The number of alkyl carbamates (subject to hydrolysis) is 1. The van der Waals surface area contributed by atoms with Crippen molar-refractivity contribution in [2.45, 2.75) is 38.8 Å². The van der Waals surface area contributed by atoms with Crippen molar-refractivity contribution in [3.63, 3.8) is 0 Å². The SMILES string of the molecule is CC(C)(C)OC(=O)N[C@@H](Cc1ccc(N=[N+]=[N-])cc1)C(=O)OCC#N. The van der Waals surface area contributed by atoms with Crippen LogP contribution in [0.15, 0.2) is 29.4 Å². The number of hydrogen-bond donors (Lipinski definition) is 1. The highest BCUT2D eigenvalue weighted by Gasteiger charge is 2.25. The molecule has 1 aromatic rings. The second-order valence-corrected chi connectivity index (χ2v) is 6.02. The molecule has 0 saturated carbocycles. The van der Waals surface area contributed by atoms with Crippen LogP contribution < -0.4 is 5.32 Å². The Morgan fingerprint density at radius 3 is 2.52 bits per heavy atom. The van der Waals surface area contributed by atoms with Crippen LogP contribution in [0.5, 0.6) is 0 Å². The van der Waals surface area contributed by atoms with Gasteiger partial charge in [-0.05, 0) is 31.9 Å². The molecule has 0 aromatic heterocycles. The number of rotatable bonds is 6. The average Bonchev–Trinajstić information content (AvgIpc) is 2.52. The fraction of sp³-hybridized carbons (Fsp3) is 0.438. The average molecular weight is 345 g/mol. The third kappa shape index (κ3) is 7.72. The second kappa shape index (κ2) is 9.15. The molecule has 0 aliphatic rings. The summed E-state index contributed by atoms with van der Waals surface area (Å²) < 4.78 is 9.92. The molecule has 1 aromatic carbocycles. The number of benzene rings is 1. The topological polar surface area (TPSA) is 137 Å². The van der Waals surface area contributed by atoms with Crippen LogP contribution in [0.1, 0.15) is 26.3 Å². The van der Waals surface area contributed by atoms with Gasteiger partial charge in [0.15, 0.2) is 6.61 Å². The number of nitriles is 1. The molecule has 1 N–H and O–H groups in total. The second-order valence-electron chi connectivity index (χ2n) is 6.02. The maximum Gasteiger partial charge on any atom is 0.408 e. The van der Waals surface area contributed by atoms with E-state index in [9.17, 15) is 9.59 Å². The van der Waals surface area contributed by atoms with Gasteiger partial charge in [-0.25, -0.2) is 9.59 Å². The van der Waals surface area contributed by atoms with Gasteiger partial charge in [-0.15, -0.1) is 0 Å².